The molecular formula is C13H19FN2OS. The van der Waals surface area contributed by atoms with Gasteiger partial charge in [0, 0.05) is 19.8 Å². The predicted molar refractivity (Wildman–Crippen MR) is 76.5 cm³/mol. The van der Waals surface area contributed by atoms with Gasteiger partial charge in [0.25, 0.3) is 0 Å². The van der Waals surface area contributed by atoms with Crippen LogP contribution in [0.2, 0.25) is 0 Å². The largest absolute Gasteiger partial charge is 0.382 e. The molecule has 0 unspecified atom stereocenters. The number of ether oxygens (including phenoxy) is 1. The second kappa shape index (κ2) is 8.00. The van der Waals surface area contributed by atoms with Crippen molar-refractivity contribution in [2.45, 2.75) is 20.3 Å². The van der Waals surface area contributed by atoms with Gasteiger partial charge in [-0.05, 0) is 44.1 Å². The number of thiocarbonyl (C=S) groups is 1. The number of halogens is 1. The highest BCUT2D eigenvalue weighted by atomic mass is 32.1. The SMILES string of the molecule is CCOCCCNC(=S)Nc1cccc(C)c1F. The van der Waals surface area contributed by atoms with Crippen LogP contribution >= 0.6 is 12.2 Å². The summed E-state index contributed by atoms with van der Waals surface area (Å²) in [6.07, 6.45) is 0.867. The smallest absolute Gasteiger partial charge is 0.170 e. The quantitative estimate of drug-likeness (QED) is 0.615. The Kier molecular flexibility index (Phi) is 6.60. The van der Waals surface area contributed by atoms with Crippen molar-refractivity contribution in [3.05, 3.63) is 29.6 Å². The average Bonchev–Trinajstić information content (AvgIpc) is 2.35. The number of anilines is 1. The van der Waals surface area contributed by atoms with E-state index in [-0.39, 0.29) is 5.82 Å². The van der Waals surface area contributed by atoms with Crippen molar-refractivity contribution in [1.29, 1.82) is 0 Å². The van der Waals surface area contributed by atoms with E-state index in [2.05, 4.69) is 10.6 Å². The summed E-state index contributed by atoms with van der Waals surface area (Å²) in [5.41, 5.74) is 0.997. The lowest BCUT2D eigenvalue weighted by molar-refractivity contribution is 0.146. The molecule has 0 aliphatic rings. The highest BCUT2D eigenvalue weighted by Gasteiger charge is 2.05. The zero-order chi connectivity index (χ0) is 13.4. The second-order valence-corrected chi connectivity index (χ2v) is 4.28. The molecule has 5 heteroatoms. The van der Waals surface area contributed by atoms with Crippen molar-refractivity contribution in [3.63, 3.8) is 0 Å². The molecule has 0 aromatic heterocycles. The predicted octanol–water partition coefficient (Wildman–Crippen LogP) is 2.85. The zero-order valence-electron chi connectivity index (χ0n) is 10.8. The third-order valence-corrected chi connectivity index (χ3v) is 2.64. The fourth-order valence-corrected chi connectivity index (χ4v) is 1.64. The molecule has 0 bridgehead atoms. The van der Waals surface area contributed by atoms with E-state index < -0.39 is 0 Å². The summed E-state index contributed by atoms with van der Waals surface area (Å²) in [5, 5.41) is 6.28. The van der Waals surface area contributed by atoms with Crippen LogP contribution in [0.5, 0.6) is 0 Å². The maximum absolute atomic E-state index is 13.7. The van der Waals surface area contributed by atoms with Gasteiger partial charge in [-0.3, -0.25) is 0 Å². The van der Waals surface area contributed by atoms with Gasteiger partial charge in [-0.2, -0.15) is 0 Å². The van der Waals surface area contributed by atoms with Gasteiger partial charge in [-0.15, -0.1) is 0 Å². The number of benzene rings is 1. The molecular weight excluding hydrogens is 251 g/mol. The highest BCUT2D eigenvalue weighted by molar-refractivity contribution is 7.80. The van der Waals surface area contributed by atoms with Gasteiger partial charge in [0.2, 0.25) is 0 Å². The molecule has 0 aliphatic heterocycles. The Labute approximate surface area is 113 Å². The molecule has 1 aromatic carbocycles. The summed E-state index contributed by atoms with van der Waals surface area (Å²) >= 11 is 5.09. The Balaban J connectivity index is 2.34. The van der Waals surface area contributed by atoms with Crippen molar-refractivity contribution in [1.82, 2.24) is 5.32 Å². The van der Waals surface area contributed by atoms with Crippen molar-refractivity contribution >= 4 is 23.0 Å². The minimum absolute atomic E-state index is 0.268. The molecule has 0 fully saturated rings. The molecule has 3 nitrogen and oxygen atoms in total. The summed E-state index contributed by atoms with van der Waals surface area (Å²) in [6.45, 7) is 5.81. The zero-order valence-corrected chi connectivity index (χ0v) is 11.6. The van der Waals surface area contributed by atoms with Gasteiger partial charge >= 0.3 is 0 Å². The Bertz CT molecular complexity index is 399. The summed E-state index contributed by atoms with van der Waals surface area (Å²) in [7, 11) is 0. The van der Waals surface area contributed by atoms with E-state index in [1.54, 1.807) is 25.1 Å². The first-order chi connectivity index (χ1) is 8.65. The van der Waals surface area contributed by atoms with E-state index in [1.807, 2.05) is 6.92 Å². The summed E-state index contributed by atoms with van der Waals surface area (Å²) in [6, 6.07) is 5.17. The minimum Gasteiger partial charge on any atom is -0.382 e. The Morgan fingerprint density at radius 1 is 1.44 bits per heavy atom. The Morgan fingerprint density at radius 3 is 2.94 bits per heavy atom. The minimum atomic E-state index is -0.268. The van der Waals surface area contributed by atoms with Crippen molar-refractivity contribution in [3.8, 4) is 0 Å². The van der Waals surface area contributed by atoms with Crippen molar-refractivity contribution < 1.29 is 9.13 Å². The van der Waals surface area contributed by atoms with Crippen LogP contribution in [0.3, 0.4) is 0 Å². The van der Waals surface area contributed by atoms with Gasteiger partial charge in [-0.25, -0.2) is 4.39 Å². The molecule has 1 rings (SSSR count). The molecule has 1 aromatic rings. The monoisotopic (exact) mass is 270 g/mol. The van der Waals surface area contributed by atoms with Crippen LogP contribution in [0.15, 0.2) is 18.2 Å². The van der Waals surface area contributed by atoms with Crippen molar-refractivity contribution in [2.75, 3.05) is 25.1 Å². The van der Waals surface area contributed by atoms with Crippen LogP contribution in [-0.4, -0.2) is 24.9 Å². The lowest BCUT2D eigenvalue weighted by atomic mass is 10.2. The third-order valence-electron chi connectivity index (χ3n) is 2.40. The summed E-state index contributed by atoms with van der Waals surface area (Å²) in [4.78, 5) is 0. The van der Waals surface area contributed by atoms with Crippen LogP contribution in [-0.2, 0) is 4.74 Å². The van der Waals surface area contributed by atoms with E-state index in [1.165, 1.54) is 0 Å². The molecule has 0 aliphatic carbocycles. The fraction of sp³-hybridized carbons (Fsp3) is 0.462. The maximum Gasteiger partial charge on any atom is 0.170 e. The molecule has 0 spiro atoms. The molecule has 100 valence electrons. The molecule has 0 saturated carbocycles. The third kappa shape index (κ3) is 4.98. The van der Waals surface area contributed by atoms with E-state index >= 15 is 0 Å². The second-order valence-electron chi connectivity index (χ2n) is 3.87. The first-order valence-corrected chi connectivity index (χ1v) is 6.43. The standard InChI is InChI=1S/C13H19FN2OS/c1-3-17-9-5-8-15-13(18)16-11-7-4-6-10(2)12(11)14/h4,6-7H,3,5,8-9H2,1-2H3,(H2,15,16,18). The van der Waals surface area contributed by atoms with Crippen LogP contribution in [0.4, 0.5) is 10.1 Å². The molecule has 0 atom stereocenters. The molecule has 18 heavy (non-hydrogen) atoms. The molecule has 2 N–H and O–H groups in total. The molecule has 0 saturated heterocycles. The first kappa shape index (κ1) is 14.9. The molecule has 0 radical (unpaired) electrons. The highest BCUT2D eigenvalue weighted by Crippen LogP contribution is 2.16. The van der Waals surface area contributed by atoms with Crippen LogP contribution < -0.4 is 10.6 Å². The van der Waals surface area contributed by atoms with Crippen LogP contribution in [0.1, 0.15) is 18.9 Å². The van der Waals surface area contributed by atoms with E-state index in [0.29, 0.717) is 29.5 Å². The normalized spacial score (nSPS) is 10.2. The first-order valence-electron chi connectivity index (χ1n) is 6.03. The van der Waals surface area contributed by atoms with E-state index in [4.69, 9.17) is 17.0 Å². The van der Waals surface area contributed by atoms with Gasteiger partial charge in [0.1, 0.15) is 5.82 Å². The molecule has 0 heterocycles. The number of hydrogen-bond acceptors (Lipinski definition) is 2. The Hall–Kier alpha value is -1.20. The maximum atomic E-state index is 13.7. The number of nitrogens with one attached hydrogen (secondary N) is 2. The van der Waals surface area contributed by atoms with Gasteiger partial charge < -0.3 is 15.4 Å². The van der Waals surface area contributed by atoms with E-state index in [9.17, 15) is 4.39 Å². The lowest BCUT2D eigenvalue weighted by Crippen LogP contribution is -2.30. The Morgan fingerprint density at radius 2 is 2.22 bits per heavy atom. The van der Waals surface area contributed by atoms with E-state index in [0.717, 1.165) is 13.0 Å². The van der Waals surface area contributed by atoms with Crippen LogP contribution in [0, 0.1) is 12.7 Å². The van der Waals surface area contributed by atoms with Gasteiger partial charge in [0.05, 0.1) is 5.69 Å². The number of hydrogen-bond donors (Lipinski definition) is 2. The fourth-order valence-electron chi connectivity index (χ4n) is 1.43. The van der Waals surface area contributed by atoms with Crippen molar-refractivity contribution in [2.24, 2.45) is 0 Å². The number of aryl methyl sites for hydroxylation is 1. The lowest BCUT2D eigenvalue weighted by Gasteiger charge is -2.11. The summed E-state index contributed by atoms with van der Waals surface area (Å²) in [5.74, 6) is -0.268. The van der Waals surface area contributed by atoms with Gasteiger partial charge in [0.15, 0.2) is 5.11 Å². The topological polar surface area (TPSA) is 33.3 Å². The van der Waals surface area contributed by atoms with Gasteiger partial charge in [-0.1, -0.05) is 12.1 Å². The average molecular weight is 270 g/mol. The number of rotatable bonds is 6. The molecule has 0 amide bonds. The van der Waals surface area contributed by atoms with Crippen LogP contribution in [0.25, 0.3) is 0 Å². The summed E-state index contributed by atoms with van der Waals surface area (Å²) < 4.78 is 18.9.